The van der Waals surface area contributed by atoms with Crippen molar-refractivity contribution in [1.29, 1.82) is 0 Å². The molecular formula is C12H14N2. The minimum atomic E-state index is 0.258. The van der Waals surface area contributed by atoms with Crippen LogP contribution in [0.2, 0.25) is 0 Å². The van der Waals surface area contributed by atoms with Crippen LogP contribution in [0.4, 0.5) is 0 Å². The van der Waals surface area contributed by atoms with Gasteiger partial charge in [-0.3, -0.25) is 0 Å². The summed E-state index contributed by atoms with van der Waals surface area (Å²) in [5, 5.41) is 0. The Morgan fingerprint density at radius 2 is 1.93 bits per heavy atom. The first kappa shape index (κ1) is 8.88. The van der Waals surface area contributed by atoms with Crippen LogP contribution in [0, 0.1) is 0 Å². The molecule has 0 aromatic heterocycles. The molecule has 0 saturated carbocycles. The Labute approximate surface area is 84.8 Å². The normalized spacial score (nSPS) is 20.2. The molecule has 0 fully saturated rings. The Bertz CT molecular complexity index is 343. The fourth-order valence-electron chi connectivity index (χ4n) is 1.75. The minimum absolute atomic E-state index is 0.258. The first-order valence-corrected chi connectivity index (χ1v) is 4.68. The molecule has 1 aliphatic rings. The molecule has 1 unspecified atom stereocenters. The summed E-state index contributed by atoms with van der Waals surface area (Å²) < 4.78 is 0. The molecule has 2 heteroatoms. The zero-order chi connectivity index (χ0) is 9.97. The maximum atomic E-state index is 3.80. The molecule has 14 heavy (non-hydrogen) atoms. The van der Waals surface area contributed by atoms with Crippen molar-refractivity contribution in [3.8, 4) is 0 Å². The van der Waals surface area contributed by atoms with Gasteiger partial charge in [0.2, 0.25) is 0 Å². The molecule has 2 rings (SSSR count). The summed E-state index contributed by atoms with van der Waals surface area (Å²) in [6.45, 7) is 3.80. The van der Waals surface area contributed by atoms with Gasteiger partial charge in [0.05, 0.1) is 0 Å². The first-order valence-electron chi connectivity index (χ1n) is 4.68. The molecule has 0 saturated heterocycles. The summed E-state index contributed by atoms with van der Waals surface area (Å²) in [5.74, 6) is 0. The standard InChI is InChI=1S/C12H14N2/c1-3-14-10-9-13(2)12(14)11-7-5-4-6-8-11/h3-10,12H,1H2,2H3. The Balaban J connectivity index is 2.30. The molecule has 0 bridgehead atoms. The van der Waals surface area contributed by atoms with Gasteiger partial charge in [0.25, 0.3) is 0 Å². The summed E-state index contributed by atoms with van der Waals surface area (Å²) in [6.07, 6.45) is 6.19. The quantitative estimate of drug-likeness (QED) is 0.700. The van der Waals surface area contributed by atoms with Crippen LogP contribution in [0.5, 0.6) is 0 Å². The summed E-state index contributed by atoms with van der Waals surface area (Å²) in [5.41, 5.74) is 1.28. The number of hydrogen-bond acceptors (Lipinski definition) is 2. The van der Waals surface area contributed by atoms with Gasteiger partial charge in [-0.05, 0) is 11.8 Å². The lowest BCUT2D eigenvalue weighted by molar-refractivity contribution is 0.229. The second-order valence-electron chi connectivity index (χ2n) is 3.38. The van der Waals surface area contributed by atoms with Crippen LogP contribution in [0.3, 0.4) is 0 Å². The fourth-order valence-corrected chi connectivity index (χ4v) is 1.75. The topological polar surface area (TPSA) is 6.48 Å². The number of benzene rings is 1. The van der Waals surface area contributed by atoms with Crippen molar-refractivity contribution in [2.75, 3.05) is 7.05 Å². The third-order valence-electron chi connectivity index (χ3n) is 2.45. The number of rotatable bonds is 2. The third-order valence-corrected chi connectivity index (χ3v) is 2.45. The largest absolute Gasteiger partial charge is 0.355 e. The minimum Gasteiger partial charge on any atom is -0.355 e. The molecule has 1 heterocycles. The molecule has 2 nitrogen and oxygen atoms in total. The van der Waals surface area contributed by atoms with Crippen molar-refractivity contribution in [2.45, 2.75) is 6.17 Å². The zero-order valence-electron chi connectivity index (χ0n) is 8.30. The predicted molar refractivity (Wildman–Crippen MR) is 58.1 cm³/mol. The van der Waals surface area contributed by atoms with Crippen LogP contribution < -0.4 is 0 Å². The second-order valence-corrected chi connectivity index (χ2v) is 3.38. The molecule has 0 aliphatic carbocycles. The lowest BCUT2D eigenvalue weighted by Crippen LogP contribution is -2.24. The van der Waals surface area contributed by atoms with Gasteiger partial charge in [-0.2, -0.15) is 0 Å². The van der Waals surface area contributed by atoms with Crippen molar-refractivity contribution in [3.05, 3.63) is 61.1 Å². The van der Waals surface area contributed by atoms with Gasteiger partial charge in [0.1, 0.15) is 6.17 Å². The van der Waals surface area contributed by atoms with Crippen LogP contribution in [0.25, 0.3) is 0 Å². The molecule has 0 N–H and O–H groups in total. The predicted octanol–water partition coefficient (Wildman–Crippen LogP) is 2.55. The van der Waals surface area contributed by atoms with E-state index in [1.54, 1.807) is 0 Å². The average molecular weight is 186 g/mol. The SMILES string of the molecule is C=CN1C=CN(C)C1c1ccccc1. The van der Waals surface area contributed by atoms with Crippen LogP contribution in [0.1, 0.15) is 11.7 Å². The highest BCUT2D eigenvalue weighted by molar-refractivity contribution is 5.22. The van der Waals surface area contributed by atoms with Gasteiger partial charge < -0.3 is 9.80 Å². The maximum Gasteiger partial charge on any atom is 0.131 e. The fraction of sp³-hybridized carbons (Fsp3) is 0.167. The summed E-state index contributed by atoms with van der Waals surface area (Å²) in [6, 6.07) is 10.4. The average Bonchev–Trinajstić information content (AvgIpc) is 2.61. The van der Waals surface area contributed by atoms with E-state index in [4.69, 9.17) is 0 Å². The second kappa shape index (κ2) is 3.58. The Morgan fingerprint density at radius 1 is 1.21 bits per heavy atom. The lowest BCUT2D eigenvalue weighted by atomic mass is 10.1. The van der Waals surface area contributed by atoms with Gasteiger partial charge in [-0.25, -0.2) is 0 Å². The summed E-state index contributed by atoms with van der Waals surface area (Å²) in [7, 11) is 2.07. The van der Waals surface area contributed by atoms with Crippen LogP contribution in [-0.4, -0.2) is 16.8 Å². The number of hydrogen-bond donors (Lipinski definition) is 0. The number of nitrogens with zero attached hydrogens (tertiary/aromatic N) is 2. The van der Waals surface area contributed by atoms with Gasteiger partial charge in [-0.1, -0.05) is 36.9 Å². The van der Waals surface area contributed by atoms with E-state index in [1.165, 1.54) is 5.56 Å². The Kier molecular flexibility index (Phi) is 2.27. The monoisotopic (exact) mass is 186 g/mol. The van der Waals surface area contributed by atoms with E-state index in [9.17, 15) is 0 Å². The summed E-state index contributed by atoms with van der Waals surface area (Å²) in [4.78, 5) is 4.26. The Hall–Kier alpha value is -1.70. The Morgan fingerprint density at radius 3 is 2.57 bits per heavy atom. The van der Waals surface area contributed by atoms with E-state index < -0.39 is 0 Å². The first-order chi connectivity index (χ1) is 6.83. The third kappa shape index (κ3) is 1.39. The van der Waals surface area contributed by atoms with E-state index in [2.05, 4.69) is 53.9 Å². The molecule has 72 valence electrons. The van der Waals surface area contributed by atoms with Crippen LogP contribution >= 0.6 is 0 Å². The molecule has 1 aromatic carbocycles. The summed E-state index contributed by atoms with van der Waals surface area (Å²) >= 11 is 0. The van der Waals surface area contributed by atoms with E-state index in [0.717, 1.165) is 0 Å². The van der Waals surface area contributed by atoms with E-state index in [1.807, 2.05) is 18.5 Å². The molecule has 1 atom stereocenters. The van der Waals surface area contributed by atoms with E-state index in [0.29, 0.717) is 0 Å². The van der Waals surface area contributed by atoms with Crippen LogP contribution in [-0.2, 0) is 0 Å². The molecule has 1 aliphatic heterocycles. The van der Waals surface area contributed by atoms with Crippen LogP contribution in [0.15, 0.2) is 55.5 Å². The molecule has 0 radical (unpaired) electrons. The highest BCUT2D eigenvalue weighted by atomic mass is 15.4. The van der Waals surface area contributed by atoms with Crippen molar-refractivity contribution in [2.24, 2.45) is 0 Å². The van der Waals surface area contributed by atoms with E-state index in [-0.39, 0.29) is 6.17 Å². The smallest absolute Gasteiger partial charge is 0.131 e. The molecule has 1 aromatic rings. The van der Waals surface area contributed by atoms with Crippen molar-refractivity contribution >= 4 is 0 Å². The zero-order valence-corrected chi connectivity index (χ0v) is 8.30. The van der Waals surface area contributed by atoms with Crippen molar-refractivity contribution < 1.29 is 0 Å². The van der Waals surface area contributed by atoms with E-state index >= 15 is 0 Å². The lowest BCUT2D eigenvalue weighted by Gasteiger charge is -2.28. The van der Waals surface area contributed by atoms with Gasteiger partial charge in [0.15, 0.2) is 0 Å². The van der Waals surface area contributed by atoms with Gasteiger partial charge in [-0.15, -0.1) is 0 Å². The molecule has 0 spiro atoms. The van der Waals surface area contributed by atoms with Crippen molar-refractivity contribution in [3.63, 3.8) is 0 Å². The van der Waals surface area contributed by atoms with Gasteiger partial charge in [0, 0.05) is 19.4 Å². The molecular weight excluding hydrogens is 172 g/mol. The van der Waals surface area contributed by atoms with Gasteiger partial charge >= 0.3 is 0 Å². The maximum absolute atomic E-state index is 3.80. The highest BCUT2D eigenvalue weighted by Crippen LogP contribution is 2.28. The molecule has 0 amide bonds. The van der Waals surface area contributed by atoms with Crippen molar-refractivity contribution in [1.82, 2.24) is 9.80 Å². The highest BCUT2D eigenvalue weighted by Gasteiger charge is 2.22.